The van der Waals surface area contributed by atoms with Crippen LogP contribution in [0.1, 0.15) is 17.4 Å². The van der Waals surface area contributed by atoms with Crippen molar-refractivity contribution in [2.45, 2.75) is 13.5 Å². The van der Waals surface area contributed by atoms with Gasteiger partial charge in [0, 0.05) is 26.4 Å². The van der Waals surface area contributed by atoms with Crippen molar-refractivity contribution in [3.05, 3.63) is 16.4 Å². The van der Waals surface area contributed by atoms with Crippen LogP contribution >= 0.6 is 15.9 Å². The molecule has 0 bridgehead atoms. The number of aromatic nitrogens is 2. The summed E-state index contributed by atoms with van der Waals surface area (Å²) in [5, 5.41) is 6.83. The third-order valence-electron chi connectivity index (χ3n) is 1.85. The van der Waals surface area contributed by atoms with E-state index < -0.39 is 0 Å². The average molecular weight is 276 g/mol. The summed E-state index contributed by atoms with van der Waals surface area (Å²) in [6, 6.07) is 0. The fraction of sp³-hybridized carbons (Fsp3) is 0.556. The minimum absolute atomic E-state index is 0.189. The second kappa shape index (κ2) is 5.87. The molecule has 0 fully saturated rings. The van der Waals surface area contributed by atoms with Crippen molar-refractivity contribution in [2.75, 3.05) is 20.3 Å². The first kappa shape index (κ1) is 12.2. The highest BCUT2D eigenvalue weighted by molar-refractivity contribution is 9.10. The number of nitrogens with zero attached hydrogens (tertiary/aromatic N) is 2. The molecular formula is C9H14BrN3O2. The van der Waals surface area contributed by atoms with Gasteiger partial charge in [0.25, 0.3) is 5.91 Å². The number of hydrogen-bond acceptors (Lipinski definition) is 3. The van der Waals surface area contributed by atoms with Gasteiger partial charge < -0.3 is 10.1 Å². The van der Waals surface area contributed by atoms with E-state index >= 15 is 0 Å². The molecular weight excluding hydrogens is 262 g/mol. The molecule has 0 saturated heterocycles. The highest BCUT2D eigenvalue weighted by Crippen LogP contribution is 2.14. The molecule has 1 rings (SSSR count). The molecule has 0 radical (unpaired) electrons. The number of methoxy groups -OCH3 is 1. The second-order valence-electron chi connectivity index (χ2n) is 2.93. The van der Waals surface area contributed by atoms with Gasteiger partial charge in [-0.15, -0.1) is 0 Å². The molecule has 0 spiro atoms. The van der Waals surface area contributed by atoms with Gasteiger partial charge >= 0.3 is 0 Å². The van der Waals surface area contributed by atoms with Gasteiger partial charge in [0.05, 0.1) is 11.1 Å². The molecule has 15 heavy (non-hydrogen) atoms. The molecule has 0 aliphatic carbocycles. The Morgan fingerprint density at radius 2 is 2.47 bits per heavy atom. The SMILES string of the molecule is CCn1cc(Br)c(C(=O)NCCOC)n1. The molecule has 0 unspecified atom stereocenters. The predicted octanol–water partition coefficient (Wildman–Crippen LogP) is 1.04. The summed E-state index contributed by atoms with van der Waals surface area (Å²) in [6.45, 7) is 3.69. The van der Waals surface area contributed by atoms with Crippen LogP contribution in [0.4, 0.5) is 0 Å². The van der Waals surface area contributed by atoms with E-state index in [-0.39, 0.29) is 5.91 Å². The maximum absolute atomic E-state index is 11.6. The van der Waals surface area contributed by atoms with Gasteiger partial charge in [0.1, 0.15) is 0 Å². The van der Waals surface area contributed by atoms with E-state index in [0.717, 1.165) is 6.54 Å². The van der Waals surface area contributed by atoms with Gasteiger partial charge in [-0.2, -0.15) is 5.10 Å². The number of carbonyl (C=O) groups is 1. The van der Waals surface area contributed by atoms with Gasteiger partial charge in [0.15, 0.2) is 5.69 Å². The topological polar surface area (TPSA) is 56.2 Å². The van der Waals surface area contributed by atoms with Crippen LogP contribution in [0.5, 0.6) is 0 Å². The van der Waals surface area contributed by atoms with Crippen molar-refractivity contribution in [1.82, 2.24) is 15.1 Å². The molecule has 1 aromatic heterocycles. The lowest BCUT2D eigenvalue weighted by atomic mass is 10.4. The van der Waals surface area contributed by atoms with Crippen molar-refractivity contribution >= 4 is 21.8 Å². The zero-order valence-electron chi connectivity index (χ0n) is 8.79. The molecule has 5 nitrogen and oxygen atoms in total. The maximum Gasteiger partial charge on any atom is 0.273 e. The van der Waals surface area contributed by atoms with Crippen LogP contribution in [-0.4, -0.2) is 35.9 Å². The number of ether oxygens (including phenoxy) is 1. The molecule has 1 aromatic rings. The van der Waals surface area contributed by atoms with Crippen LogP contribution in [0.15, 0.2) is 10.7 Å². The maximum atomic E-state index is 11.6. The van der Waals surface area contributed by atoms with Crippen molar-refractivity contribution < 1.29 is 9.53 Å². The lowest BCUT2D eigenvalue weighted by Crippen LogP contribution is -2.27. The van der Waals surface area contributed by atoms with Gasteiger partial charge in [-0.05, 0) is 22.9 Å². The summed E-state index contributed by atoms with van der Waals surface area (Å²) in [4.78, 5) is 11.6. The molecule has 0 aliphatic rings. The fourth-order valence-electron chi connectivity index (χ4n) is 1.06. The third kappa shape index (κ3) is 3.32. The van der Waals surface area contributed by atoms with Gasteiger partial charge in [-0.3, -0.25) is 9.48 Å². The highest BCUT2D eigenvalue weighted by atomic mass is 79.9. The lowest BCUT2D eigenvalue weighted by Gasteiger charge is -2.01. The minimum Gasteiger partial charge on any atom is -0.383 e. The van der Waals surface area contributed by atoms with Crippen LogP contribution in [0.25, 0.3) is 0 Å². The van der Waals surface area contributed by atoms with E-state index in [2.05, 4.69) is 26.3 Å². The molecule has 1 heterocycles. The Labute approximate surface area is 96.9 Å². The number of halogens is 1. The van der Waals surface area contributed by atoms with E-state index in [4.69, 9.17) is 4.74 Å². The summed E-state index contributed by atoms with van der Waals surface area (Å²) < 4.78 is 7.24. The summed E-state index contributed by atoms with van der Waals surface area (Å²) in [7, 11) is 1.59. The summed E-state index contributed by atoms with van der Waals surface area (Å²) >= 11 is 3.29. The van der Waals surface area contributed by atoms with Crippen molar-refractivity contribution in [3.63, 3.8) is 0 Å². The second-order valence-corrected chi connectivity index (χ2v) is 3.78. The number of hydrogen-bond donors (Lipinski definition) is 1. The Morgan fingerprint density at radius 3 is 3.00 bits per heavy atom. The molecule has 84 valence electrons. The normalized spacial score (nSPS) is 10.3. The zero-order valence-corrected chi connectivity index (χ0v) is 10.4. The number of carbonyl (C=O) groups excluding carboxylic acids is 1. The Kier molecular flexibility index (Phi) is 4.77. The molecule has 0 saturated carbocycles. The number of aryl methyl sites for hydroxylation is 1. The molecule has 0 atom stereocenters. The summed E-state index contributed by atoms with van der Waals surface area (Å²) in [5.74, 6) is -0.189. The first-order chi connectivity index (χ1) is 7.19. The first-order valence-corrected chi connectivity index (χ1v) is 5.48. The van der Waals surface area contributed by atoms with Crippen molar-refractivity contribution in [1.29, 1.82) is 0 Å². The molecule has 0 aromatic carbocycles. The van der Waals surface area contributed by atoms with Crippen molar-refractivity contribution in [2.24, 2.45) is 0 Å². The Morgan fingerprint density at radius 1 is 1.73 bits per heavy atom. The standard InChI is InChI=1S/C9H14BrN3O2/c1-3-13-6-7(10)8(12-13)9(14)11-4-5-15-2/h6H,3-5H2,1-2H3,(H,11,14). The van der Waals surface area contributed by atoms with Gasteiger partial charge in [-0.1, -0.05) is 0 Å². The quantitative estimate of drug-likeness (QED) is 0.818. The van der Waals surface area contributed by atoms with E-state index in [9.17, 15) is 4.79 Å². The van der Waals surface area contributed by atoms with E-state index in [0.29, 0.717) is 23.3 Å². The third-order valence-corrected chi connectivity index (χ3v) is 2.43. The highest BCUT2D eigenvalue weighted by Gasteiger charge is 2.13. The van der Waals surface area contributed by atoms with Gasteiger partial charge in [-0.25, -0.2) is 0 Å². The average Bonchev–Trinajstić information content (AvgIpc) is 2.60. The monoisotopic (exact) mass is 275 g/mol. The molecule has 6 heteroatoms. The Balaban J connectivity index is 2.60. The summed E-state index contributed by atoms with van der Waals surface area (Å²) in [5.41, 5.74) is 0.410. The lowest BCUT2D eigenvalue weighted by molar-refractivity contribution is 0.0930. The van der Waals surface area contributed by atoms with Crippen LogP contribution in [-0.2, 0) is 11.3 Å². The van der Waals surface area contributed by atoms with Crippen molar-refractivity contribution in [3.8, 4) is 0 Å². The van der Waals surface area contributed by atoms with E-state index in [1.807, 2.05) is 6.92 Å². The first-order valence-electron chi connectivity index (χ1n) is 4.69. The van der Waals surface area contributed by atoms with E-state index in [1.165, 1.54) is 0 Å². The van der Waals surface area contributed by atoms with Crippen LogP contribution in [0, 0.1) is 0 Å². The smallest absolute Gasteiger partial charge is 0.273 e. The van der Waals surface area contributed by atoms with Gasteiger partial charge in [0.2, 0.25) is 0 Å². The molecule has 1 N–H and O–H groups in total. The molecule has 0 aliphatic heterocycles. The Hall–Kier alpha value is -0.880. The Bertz CT molecular complexity index is 338. The largest absolute Gasteiger partial charge is 0.383 e. The summed E-state index contributed by atoms with van der Waals surface area (Å²) in [6.07, 6.45) is 1.78. The number of amides is 1. The fourth-order valence-corrected chi connectivity index (χ4v) is 1.56. The zero-order chi connectivity index (χ0) is 11.3. The van der Waals surface area contributed by atoms with E-state index in [1.54, 1.807) is 18.0 Å². The van der Waals surface area contributed by atoms with Crippen LogP contribution < -0.4 is 5.32 Å². The van der Waals surface area contributed by atoms with Crippen LogP contribution in [0.3, 0.4) is 0 Å². The number of nitrogens with one attached hydrogen (secondary N) is 1. The molecule has 1 amide bonds. The predicted molar refractivity (Wildman–Crippen MR) is 59.8 cm³/mol. The minimum atomic E-state index is -0.189. The number of rotatable bonds is 5. The van der Waals surface area contributed by atoms with Crippen LogP contribution in [0.2, 0.25) is 0 Å².